The lowest BCUT2D eigenvalue weighted by atomic mass is 10.0. The molecule has 1 unspecified atom stereocenters. The lowest BCUT2D eigenvalue weighted by molar-refractivity contribution is 0.106. The van der Waals surface area contributed by atoms with Crippen LogP contribution in [0.3, 0.4) is 0 Å². The van der Waals surface area contributed by atoms with Crippen molar-refractivity contribution in [3.8, 4) is 5.75 Å². The summed E-state index contributed by atoms with van der Waals surface area (Å²) in [6, 6.07) is 13.5. The van der Waals surface area contributed by atoms with Crippen molar-refractivity contribution >= 4 is 19.0 Å². The predicted molar refractivity (Wildman–Crippen MR) is 96.0 cm³/mol. The van der Waals surface area contributed by atoms with E-state index in [1.54, 1.807) is 7.11 Å². The normalized spacial score (nSPS) is 12.0. The first-order chi connectivity index (χ1) is 11.1. The minimum Gasteiger partial charge on any atom is -0.497 e. The molecule has 0 fully saturated rings. The van der Waals surface area contributed by atoms with E-state index in [9.17, 15) is 4.79 Å². The molecule has 2 aromatic rings. The number of carbonyl (C=O) groups excluding carboxylic acids is 1. The van der Waals surface area contributed by atoms with Crippen molar-refractivity contribution in [3.63, 3.8) is 0 Å². The quantitative estimate of drug-likeness (QED) is 0.696. The van der Waals surface area contributed by atoms with E-state index in [-0.39, 0.29) is 5.52 Å². The highest BCUT2D eigenvalue weighted by Gasteiger charge is 2.25. The number of rotatable bonds is 7. The Morgan fingerprint density at radius 1 is 1.04 bits per heavy atom. The van der Waals surface area contributed by atoms with E-state index in [4.69, 9.17) is 9.26 Å². The van der Waals surface area contributed by atoms with Gasteiger partial charge in [-0.25, -0.2) is 0 Å². The molecule has 0 aromatic heterocycles. The zero-order valence-electron chi connectivity index (χ0n) is 14.1. The van der Waals surface area contributed by atoms with Crippen LogP contribution in [0.15, 0.2) is 42.5 Å². The third-order valence-electron chi connectivity index (χ3n) is 3.61. The smallest absolute Gasteiger partial charge is 0.216 e. The molecule has 0 aliphatic heterocycles. The number of benzene rings is 2. The summed E-state index contributed by atoms with van der Waals surface area (Å²) in [5.74, 6) is 0.777. The molecular weight excluding hydrogens is 307 g/mol. The second-order valence-corrected chi connectivity index (χ2v) is 7.17. The van der Waals surface area contributed by atoms with Crippen LogP contribution in [0.5, 0.6) is 5.75 Å². The first-order valence-corrected chi connectivity index (χ1v) is 9.02. The van der Waals surface area contributed by atoms with E-state index in [2.05, 4.69) is 0 Å². The Labute approximate surface area is 139 Å². The van der Waals surface area contributed by atoms with Crippen molar-refractivity contribution in [2.24, 2.45) is 0 Å². The van der Waals surface area contributed by atoms with Gasteiger partial charge in [0.05, 0.1) is 13.7 Å². The first kappa shape index (κ1) is 17.7. The Bertz CT molecular complexity index is 645. The van der Waals surface area contributed by atoms with Crippen LogP contribution in [0.2, 0.25) is 0 Å². The molecule has 0 aliphatic carbocycles. The van der Waals surface area contributed by atoms with Crippen LogP contribution >= 0.6 is 8.15 Å². The number of aryl methyl sites for hydroxylation is 2. The molecule has 0 amide bonds. The number of methoxy groups -OCH3 is 1. The average molecular weight is 330 g/mol. The van der Waals surface area contributed by atoms with E-state index in [1.807, 2.05) is 63.2 Å². The summed E-state index contributed by atoms with van der Waals surface area (Å²) < 4.78 is 11.1. The van der Waals surface area contributed by atoms with E-state index in [0.717, 1.165) is 34.2 Å². The summed E-state index contributed by atoms with van der Waals surface area (Å²) >= 11 is 0. The van der Waals surface area contributed by atoms with E-state index in [1.165, 1.54) is 0 Å². The molecule has 0 saturated heterocycles. The lowest BCUT2D eigenvalue weighted by Crippen LogP contribution is -2.14. The molecule has 0 spiro atoms. The van der Waals surface area contributed by atoms with Gasteiger partial charge in [0.2, 0.25) is 5.52 Å². The zero-order chi connectivity index (χ0) is 16.8. The molecule has 3 nitrogen and oxygen atoms in total. The Morgan fingerprint density at radius 2 is 1.65 bits per heavy atom. The van der Waals surface area contributed by atoms with Crippen molar-refractivity contribution in [2.75, 3.05) is 13.7 Å². The SMILES string of the molecule is CCCOP(C(=O)c1c(C)cccc1C)c1ccc(OC)cc1. The fourth-order valence-electron chi connectivity index (χ4n) is 2.40. The van der Waals surface area contributed by atoms with Gasteiger partial charge in [0.15, 0.2) is 0 Å². The third-order valence-corrected chi connectivity index (χ3v) is 5.41. The zero-order valence-corrected chi connectivity index (χ0v) is 15.0. The molecule has 2 rings (SSSR count). The van der Waals surface area contributed by atoms with Gasteiger partial charge in [0, 0.05) is 10.9 Å². The fourth-order valence-corrected chi connectivity index (χ4v) is 4.25. The van der Waals surface area contributed by atoms with Crippen LogP contribution in [0.25, 0.3) is 0 Å². The van der Waals surface area contributed by atoms with Gasteiger partial charge in [-0.1, -0.05) is 25.1 Å². The molecule has 1 atom stereocenters. The van der Waals surface area contributed by atoms with Crippen LogP contribution in [0, 0.1) is 13.8 Å². The summed E-state index contributed by atoms with van der Waals surface area (Å²) in [7, 11) is 0.289. The Hall–Kier alpha value is -1.70. The van der Waals surface area contributed by atoms with Crippen molar-refractivity contribution in [3.05, 3.63) is 59.2 Å². The van der Waals surface area contributed by atoms with Gasteiger partial charge in [-0.3, -0.25) is 4.79 Å². The van der Waals surface area contributed by atoms with Gasteiger partial charge < -0.3 is 9.26 Å². The highest BCUT2D eigenvalue weighted by molar-refractivity contribution is 7.78. The second kappa shape index (κ2) is 8.24. The Balaban J connectivity index is 2.39. The van der Waals surface area contributed by atoms with Gasteiger partial charge in [0.25, 0.3) is 0 Å². The number of hydrogen-bond acceptors (Lipinski definition) is 3. The fraction of sp³-hybridized carbons (Fsp3) is 0.316. The van der Waals surface area contributed by atoms with Crippen molar-refractivity contribution in [2.45, 2.75) is 27.2 Å². The molecule has 23 heavy (non-hydrogen) atoms. The standard InChI is InChI=1S/C19H23O3P/c1-5-13-22-23(17-11-9-16(21-4)10-12-17)19(20)18-14(2)7-6-8-15(18)3/h6-12H,5,13H2,1-4H3. The highest BCUT2D eigenvalue weighted by Crippen LogP contribution is 2.41. The molecular formula is C19H23O3P. The van der Waals surface area contributed by atoms with Crippen LogP contribution in [-0.2, 0) is 4.52 Å². The predicted octanol–water partition coefficient (Wildman–Crippen LogP) is 4.60. The van der Waals surface area contributed by atoms with Crippen LogP contribution in [0.1, 0.15) is 34.8 Å². The Kier molecular flexibility index (Phi) is 6.32. The number of ether oxygens (including phenoxy) is 1. The van der Waals surface area contributed by atoms with Crippen molar-refractivity contribution in [1.29, 1.82) is 0 Å². The molecule has 0 radical (unpaired) electrons. The summed E-state index contributed by atoms with van der Waals surface area (Å²) in [6.45, 7) is 6.57. The first-order valence-electron chi connectivity index (χ1n) is 7.76. The summed E-state index contributed by atoms with van der Waals surface area (Å²) in [5.41, 5.74) is 2.85. The number of carbonyl (C=O) groups is 1. The third kappa shape index (κ3) is 4.19. The van der Waals surface area contributed by atoms with Crippen molar-refractivity contribution in [1.82, 2.24) is 0 Å². The largest absolute Gasteiger partial charge is 0.497 e. The minimum atomic E-state index is -1.34. The molecule has 0 N–H and O–H groups in total. The summed E-state index contributed by atoms with van der Waals surface area (Å²) in [4.78, 5) is 13.1. The summed E-state index contributed by atoms with van der Waals surface area (Å²) in [6.07, 6.45) is 0.884. The monoisotopic (exact) mass is 330 g/mol. The summed E-state index contributed by atoms with van der Waals surface area (Å²) in [5, 5.41) is 0.918. The Morgan fingerprint density at radius 3 is 2.17 bits per heavy atom. The maximum Gasteiger partial charge on any atom is 0.216 e. The lowest BCUT2D eigenvalue weighted by Gasteiger charge is -2.19. The maximum atomic E-state index is 13.1. The van der Waals surface area contributed by atoms with Gasteiger partial charge in [-0.2, -0.15) is 0 Å². The molecule has 0 bridgehead atoms. The van der Waals surface area contributed by atoms with E-state index >= 15 is 0 Å². The average Bonchev–Trinajstić information content (AvgIpc) is 2.55. The van der Waals surface area contributed by atoms with E-state index in [0.29, 0.717) is 6.61 Å². The van der Waals surface area contributed by atoms with Crippen LogP contribution < -0.4 is 10.0 Å². The van der Waals surface area contributed by atoms with Crippen LogP contribution in [0.4, 0.5) is 0 Å². The molecule has 0 aliphatic rings. The highest BCUT2D eigenvalue weighted by atomic mass is 31.1. The van der Waals surface area contributed by atoms with Gasteiger partial charge in [0.1, 0.15) is 13.9 Å². The van der Waals surface area contributed by atoms with Gasteiger partial charge >= 0.3 is 0 Å². The van der Waals surface area contributed by atoms with Gasteiger partial charge in [-0.05, 0) is 55.7 Å². The van der Waals surface area contributed by atoms with Gasteiger partial charge in [-0.15, -0.1) is 0 Å². The maximum absolute atomic E-state index is 13.1. The van der Waals surface area contributed by atoms with Crippen molar-refractivity contribution < 1.29 is 14.1 Å². The van der Waals surface area contributed by atoms with Crippen LogP contribution in [-0.4, -0.2) is 19.2 Å². The minimum absolute atomic E-state index is 0.0780. The topological polar surface area (TPSA) is 35.5 Å². The number of hydrogen-bond donors (Lipinski definition) is 0. The molecule has 122 valence electrons. The second-order valence-electron chi connectivity index (χ2n) is 5.40. The molecule has 0 heterocycles. The molecule has 0 saturated carbocycles. The van der Waals surface area contributed by atoms with E-state index < -0.39 is 8.15 Å². The molecule has 2 aromatic carbocycles. The molecule has 4 heteroatoms.